The fraction of sp³-hybridized carbons (Fsp3) is 0.920. The predicted molar refractivity (Wildman–Crippen MR) is 123 cm³/mol. The Kier molecular flexibility index (Phi) is 16.7. The zero-order valence-electron chi connectivity index (χ0n) is 20.1. The van der Waals surface area contributed by atoms with Crippen molar-refractivity contribution in [2.45, 2.75) is 116 Å². The molecule has 5 nitrogen and oxygen atoms in total. The lowest BCUT2D eigenvalue weighted by atomic mass is 9.92. The van der Waals surface area contributed by atoms with Crippen molar-refractivity contribution in [1.29, 1.82) is 0 Å². The Morgan fingerprint density at radius 1 is 0.667 bits per heavy atom. The maximum absolute atomic E-state index is 6.50. The highest BCUT2D eigenvalue weighted by atomic mass is 16.6. The molecule has 0 amide bonds. The maximum atomic E-state index is 6.50. The minimum atomic E-state index is -0.178. The number of hydrogen-bond acceptors (Lipinski definition) is 5. The minimum absolute atomic E-state index is 0.0863. The van der Waals surface area contributed by atoms with Crippen molar-refractivity contribution in [2.75, 3.05) is 33.0 Å². The van der Waals surface area contributed by atoms with Crippen LogP contribution >= 0.6 is 0 Å². The van der Waals surface area contributed by atoms with Gasteiger partial charge in [0.05, 0.1) is 12.7 Å². The van der Waals surface area contributed by atoms with Crippen LogP contribution in [0.4, 0.5) is 0 Å². The summed E-state index contributed by atoms with van der Waals surface area (Å²) in [5.41, 5.74) is 0. The summed E-state index contributed by atoms with van der Waals surface area (Å²) in [5, 5.41) is 0. The Balaban J connectivity index is 2.99. The van der Waals surface area contributed by atoms with Crippen LogP contribution < -0.4 is 0 Å². The van der Waals surface area contributed by atoms with Crippen molar-refractivity contribution < 1.29 is 23.7 Å². The average molecular weight is 429 g/mol. The van der Waals surface area contributed by atoms with Crippen LogP contribution in [0.5, 0.6) is 0 Å². The summed E-state index contributed by atoms with van der Waals surface area (Å²) >= 11 is 0. The second-order valence-electron chi connectivity index (χ2n) is 8.23. The molecule has 5 atom stereocenters. The first-order valence-electron chi connectivity index (χ1n) is 12.4. The first kappa shape index (κ1) is 27.6. The van der Waals surface area contributed by atoms with Gasteiger partial charge in [-0.15, -0.1) is 6.58 Å². The molecule has 0 aromatic heterocycles. The third kappa shape index (κ3) is 10.2. The van der Waals surface area contributed by atoms with E-state index in [4.69, 9.17) is 23.7 Å². The standard InChI is InChI=1S/C25H48O5/c1-6-11-16-26-20-22-24(28-18-13-8-3)25(29-19-14-9-4)23(27-17-12-7-2)21(30-22)15-10-5/h10,21-25H,5-9,11-20H2,1-4H3/t21-,22-,23+,24-,25-/m1/s1. The maximum Gasteiger partial charge on any atom is 0.115 e. The Morgan fingerprint density at radius 2 is 1.13 bits per heavy atom. The third-order valence-corrected chi connectivity index (χ3v) is 5.48. The third-order valence-electron chi connectivity index (χ3n) is 5.48. The van der Waals surface area contributed by atoms with Gasteiger partial charge in [-0.25, -0.2) is 0 Å². The molecule has 0 aromatic rings. The van der Waals surface area contributed by atoms with Gasteiger partial charge in [0.2, 0.25) is 0 Å². The van der Waals surface area contributed by atoms with Crippen molar-refractivity contribution in [1.82, 2.24) is 0 Å². The molecule has 178 valence electrons. The van der Waals surface area contributed by atoms with Crippen LogP contribution in [0.1, 0.15) is 85.5 Å². The molecule has 1 aliphatic rings. The predicted octanol–water partition coefficient (Wildman–Crippen LogP) is 5.70. The van der Waals surface area contributed by atoms with Gasteiger partial charge in [0.15, 0.2) is 0 Å². The van der Waals surface area contributed by atoms with E-state index in [1.165, 1.54) is 0 Å². The molecule has 0 bridgehead atoms. The van der Waals surface area contributed by atoms with Crippen molar-refractivity contribution >= 4 is 0 Å². The van der Waals surface area contributed by atoms with Gasteiger partial charge in [-0.05, 0) is 32.1 Å². The first-order valence-corrected chi connectivity index (χ1v) is 12.4. The Bertz CT molecular complexity index is 403. The van der Waals surface area contributed by atoms with Crippen molar-refractivity contribution in [3.8, 4) is 0 Å². The molecule has 0 radical (unpaired) electrons. The van der Waals surface area contributed by atoms with E-state index in [0.29, 0.717) is 26.4 Å². The lowest BCUT2D eigenvalue weighted by Crippen LogP contribution is -2.61. The second kappa shape index (κ2) is 18.1. The molecule has 0 N–H and O–H groups in total. The van der Waals surface area contributed by atoms with Gasteiger partial charge < -0.3 is 23.7 Å². The summed E-state index contributed by atoms with van der Waals surface area (Å²) in [7, 11) is 0. The Morgan fingerprint density at radius 3 is 1.63 bits per heavy atom. The summed E-state index contributed by atoms with van der Waals surface area (Å²) in [5.74, 6) is 0. The number of hydrogen-bond donors (Lipinski definition) is 0. The molecule has 0 unspecified atom stereocenters. The van der Waals surface area contributed by atoms with Gasteiger partial charge in [-0.1, -0.05) is 59.5 Å². The molecule has 1 aliphatic heterocycles. The largest absolute Gasteiger partial charge is 0.379 e. The van der Waals surface area contributed by atoms with E-state index in [-0.39, 0.29) is 30.5 Å². The molecule has 5 heteroatoms. The van der Waals surface area contributed by atoms with Gasteiger partial charge in [0.1, 0.15) is 24.4 Å². The Hall–Kier alpha value is -0.460. The summed E-state index contributed by atoms with van der Waals surface area (Å²) in [6.45, 7) is 16.1. The van der Waals surface area contributed by atoms with E-state index < -0.39 is 0 Å². The molecular formula is C25H48O5. The molecule has 30 heavy (non-hydrogen) atoms. The van der Waals surface area contributed by atoms with Crippen molar-refractivity contribution in [3.63, 3.8) is 0 Å². The molecular weight excluding hydrogens is 380 g/mol. The highest BCUT2D eigenvalue weighted by Gasteiger charge is 2.47. The van der Waals surface area contributed by atoms with Crippen LogP contribution in [0, 0.1) is 0 Å². The van der Waals surface area contributed by atoms with Crippen LogP contribution in [0.25, 0.3) is 0 Å². The van der Waals surface area contributed by atoms with Crippen LogP contribution in [-0.4, -0.2) is 63.6 Å². The molecule has 0 saturated carbocycles. The number of ether oxygens (including phenoxy) is 5. The smallest absolute Gasteiger partial charge is 0.115 e. The van der Waals surface area contributed by atoms with Gasteiger partial charge in [-0.2, -0.15) is 0 Å². The van der Waals surface area contributed by atoms with E-state index in [1.807, 2.05) is 6.08 Å². The topological polar surface area (TPSA) is 46.2 Å². The number of rotatable bonds is 19. The lowest BCUT2D eigenvalue weighted by Gasteiger charge is -2.46. The summed E-state index contributed by atoms with van der Waals surface area (Å²) < 4.78 is 31.6. The van der Waals surface area contributed by atoms with Gasteiger partial charge in [-0.3, -0.25) is 0 Å². The lowest BCUT2D eigenvalue weighted by molar-refractivity contribution is -0.265. The SMILES string of the molecule is C=CC[C@H]1O[C@H](COCCCC)[C@@H](OCCCC)[C@H](OCCCC)[C@H]1OCCCC. The highest BCUT2D eigenvalue weighted by Crippen LogP contribution is 2.31. The van der Waals surface area contributed by atoms with Crippen LogP contribution in [0.2, 0.25) is 0 Å². The summed E-state index contributed by atoms with van der Waals surface area (Å²) in [6.07, 6.45) is 10.5. The summed E-state index contributed by atoms with van der Waals surface area (Å²) in [4.78, 5) is 0. The van der Waals surface area contributed by atoms with Crippen LogP contribution in [0.15, 0.2) is 12.7 Å². The zero-order chi connectivity index (χ0) is 22.0. The first-order chi connectivity index (χ1) is 14.7. The van der Waals surface area contributed by atoms with Crippen molar-refractivity contribution in [2.24, 2.45) is 0 Å². The molecule has 1 fully saturated rings. The van der Waals surface area contributed by atoms with E-state index >= 15 is 0 Å². The quantitative estimate of drug-likeness (QED) is 0.195. The molecule has 0 aliphatic carbocycles. The average Bonchev–Trinajstić information content (AvgIpc) is 2.75. The molecule has 1 rings (SSSR count). The monoisotopic (exact) mass is 428 g/mol. The van der Waals surface area contributed by atoms with E-state index in [0.717, 1.165) is 64.4 Å². The molecule has 0 spiro atoms. The van der Waals surface area contributed by atoms with Gasteiger partial charge >= 0.3 is 0 Å². The highest BCUT2D eigenvalue weighted by molar-refractivity contribution is 4.97. The van der Waals surface area contributed by atoms with Gasteiger partial charge in [0, 0.05) is 26.4 Å². The zero-order valence-corrected chi connectivity index (χ0v) is 20.1. The van der Waals surface area contributed by atoms with E-state index in [1.54, 1.807) is 0 Å². The normalized spacial score (nSPS) is 26.7. The molecule has 0 aromatic carbocycles. The molecule has 1 saturated heterocycles. The fourth-order valence-corrected chi connectivity index (χ4v) is 3.61. The van der Waals surface area contributed by atoms with Crippen molar-refractivity contribution in [3.05, 3.63) is 12.7 Å². The van der Waals surface area contributed by atoms with E-state index in [9.17, 15) is 0 Å². The number of unbranched alkanes of at least 4 members (excludes halogenated alkanes) is 4. The molecule has 1 heterocycles. The fourth-order valence-electron chi connectivity index (χ4n) is 3.61. The second-order valence-corrected chi connectivity index (χ2v) is 8.23. The van der Waals surface area contributed by atoms with Gasteiger partial charge in [0.25, 0.3) is 0 Å². The summed E-state index contributed by atoms with van der Waals surface area (Å²) in [6, 6.07) is 0. The Labute approximate surface area is 185 Å². The van der Waals surface area contributed by atoms with Crippen LogP contribution in [-0.2, 0) is 23.7 Å². The minimum Gasteiger partial charge on any atom is -0.379 e. The van der Waals surface area contributed by atoms with E-state index in [2.05, 4.69) is 34.3 Å². The van der Waals surface area contributed by atoms with Crippen LogP contribution in [0.3, 0.4) is 0 Å².